The quantitative estimate of drug-likeness (QED) is 0.273. The molecule has 0 bridgehead atoms. The van der Waals surface area contributed by atoms with E-state index in [0.717, 1.165) is 0 Å². The molecule has 0 aliphatic carbocycles. The van der Waals surface area contributed by atoms with E-state index in [4.69, 9.17) is 9.94 Å². The fourth-order valence-electron chi connectivity index (χ4n) is 2.63. The van der Waals surface area contributed by atoms with Gasteiger partial charge < -0.3 is 10.4 Å². The zero-order valence-electron chi connectivity index (χ0n) is 14.7. The molecule has 146 valence electrons. The Morgan fingerprint density at radius 2 is 2.18 bits per heavy atom. The molecule has 0 unspecified atom stereocenters. The largest absolute Gasteiger partial charge is 0.394 e. The molecule has 3 N–H and O–H groups in total. The fourth-order valence-corrected chi connectivity index (χ4v) is 3.09. The second-order valence-electron chi connectivity index (χ2n) is 5.74. The molecular formula is C18H16FIN4O4. The summed E-state index contributed by atoms with van der Waals surface area (Å²) in [4.78, 5) is 34.5. The molecule has 8 nitrogen and oxygen atoms in total. The Hall–Kier alpha value is -2.57. The number of halogens is 2. The van der Waals surface area contributed by atoms with Gasteiger partial charge in [0.1, 0.15) is 17.2 Å². The SMILES string of the molecule is Cn1c(Nc2ccc(I)cc2F)c(C(=O)NOCCO)c2ncccc2c1=O. The highest BCUT2D eigenvalue weighted by Gasteiger charge is 2.23. The monoisotopic (exact) mass is 498 g/mol. The predicted molar refractivity (Wildman–Crippen MR) is 110 cm³/mol. The molecule has 3 rings (SSSR count). The van der Waals surface area contributed by atoms with Gasteiger partial charge in [0.2, 0.25) is 0 Å². The lowest BCUT2D eigenvalue weighted by atomic mass is 10.1. The fraction of sp³-hybridized carbons (Fsp3) is 0.167. The summed E-state index contributed by atoms with van der Waals surface area (Å²) in [7, 11) is 1.47. The predicted octanol–water partition coefficient (Wildman–Crippen LogP) is 2.07. The van der Waals surface area contributed by atoms with Gasteiger partial charge in [-0.3, -0.25) is 24.0 Å². The van der Waals surface area contributed by atoms with Crippen molar-refractivity contribution in [3.63, 3.8) is 0 Å². The number of aliphatic hydroxyl groups is 1. The molecule has 0 aliphatic heterocycles. The van der Waals surface area contributed by atoms with E-state index in [9.17, 15) is 14.0 Å². The second kappa shape index (κ2) is 8.63. The number of nitrogens with zero attached hydrogens (tertiary/aromatic N) is 2. The maximum Gasteiger partial charge on any atom is 0.280 e. The number of benzene rings is 1. The molecular weight excluding hydrogens is 482 g/mol. The summed E-state index contributed by atoms with van der Waals surface area (Å²) in [6.07, 6.45) is 1.45. The molecule has 0 fully saturated rings. The summed E-state index contributed by atoms with van der Waals surface area (Å²) >= 11 is 1.98. The van der Waals surface area contributed by atoms with Crippen LogP contribution in [0, 0.1) is 9.39 Å². The van der Waals surface area contributed by atoms with Gasteiger partial charge in [0.25, 0.3) is 11.5 Å². The first-order chi connectivity index (χ1) is 13.4. The number of rotatable bonds is 6. The maximum atomic E-state index is 14.3. The van der Waals surface area contributed by atoms with Crippen LogP contribution in [0.25, 0.3) is 10.9 Å². The van der Waals surface area contributed by atoms with E-state index < -0.39 is 17.3 Å². The van der Waals surface area contributed by atoms with Crippen LogP contribution in [0.1, 0.15) is 10.4 Å². The van der Waals surface area contributed by atoms with Gasteiger partial charge in [-0.15, -0.1) is 0 Å². The number of nitrogens with one attached hydrogen (secondary N) is 2. The first kappa shape index (κ1) is 20.2. The number of aromatic nitrogens is 2. The molecule has 0 radical (unpaired) electrons. The van der Waals surface area contributed by atoms with E-state index in [1.807, 2.05) is 22.6 Å². The van der Waals surface area contributed by atoms with E-state index in [2.05, 4.69) is 15.8 Å². The lowest BCUT2D eigenvalue weighted by Gasteiger charge is -2.18. The van der Waals surface area contributed by atoms with Crippen molar-refractivity contribution in [3.05, 3.63) is 61.8 Å². The van der Waals surface area contributed by atoms with Crippen molar-refractivity contribution >= 4 is 50.9 Å². The number of amides is 1. The van der Waals surface area contributed by atoms with Crippen LogP contribution < -0.4 is 16.4 Å². The van der Waals surface area contributed by atoms with Crippen LogP contribution in [0.5, 0.6) is 0 Å². The third kappa shape index (κ3) is 3.98. The molecule has 1 aromatic carbocycles. The second-order valence-corrected chi connectivity index (χ2v) is 6.99. The molecule has 0 saturated carbocycles. The number of carbonyl (C=O) groups is 1. The maximum absolute atomic E-state index is 14.3. The highest BCUT2D eigenvalue weighted by Crippen LogP contribution is 2.27. The number of pyridine rings is 2. The molecule has 10 heteroatoms. The smallest absolute Gasteiger partial charge is 0.280 e. The van der Waals surface area contributed by atoms with Gasteiger partial charge in [-0.25, -0.2) is 9.87 Å². The number of aliphatic hydroxyl groups excluding tert-OH is 1. The average molecular weight is 498 g/mol. The molecule has 2 heterocycles. The van der Waals surface area contributed by atoms with Crippen LogP contribution in [-0.4, -0.2) is 33.8 Å². The summed E-state index contributed by atoms with van der Waals surface area (Å²) in [5.41, 5.74) is 2.04. The normalized spacial score (nSPS) is 10.9. The summed E-state index contributed by atoms with van der Waals surface area (Å²) in [6, 6.07) is 7.65. The van der Waals surface area contributed by atoms with Gasteiger partial charge in [0.15, 0.2) is 0 Å². The number of carbonyl (C=O) groups excluding carboxylic acids is 1. The van der Waals surface area contributed by atoms with Crippen LogP contribution >= 0.6 is 22.6 Å². The third-order valence-electron chi connectivity index (χ3n) is 3.92. The Morgan fingerprint density at radius 3 is 2.89 bits per heavy atom. The molecule has 3 aromatic rings. The number of hydrogen-bond acceptors (Lipinski definition) is 6. The van der Waals surface area contributed by atoms with E-state index in [-0.39, 0.29) is 41.2 Å². The summed E-state index contributed by atoms with van der Waals surface area (Å²) < 4.78 is 16.3. The zero-order valence-corrected chi connectivity index (χ0v) is 16.9. The molecule has 2 aromatic heterocycles. The van der Waals surface area contributed by atoms with Crippen molar-refractivity contribution < 1.29 is 19.1 Å². The topological polar surface area (TPSA) is 105 Å². The first-order valence-electron chi connectivity index (χ1n) is 8.16. The molecule has 0 spiro atoms. The minimum atomic E-state index is -0.693. The zero-order chi connectivity index (χ0) is 20.3. The van der Waals surface area contributed by atoms with Crippen LogP contribution in [0.3, 0.4) is 0 Å². The van der Waals surface area contributed by atoms with Gasteiger partial charge in [0, 0.05) is 16.8 Å². The van der Waals surface area contributed by atoms with Gasteiger partial charge in [0.05, 0.1) is 29.8 Å². The first-order valence-corrected chi connectivity index (χ1v) is 9.24. The van der Waals surface area contributed by atoms with E-state index in [0.29, 0.717) is 3.57 Å². The third-order valence-corrected chi connectivity index (χ3v) is 4.59. The van der Waals surface area contributed by atoms with Crippen molar-refractivity contribution in [3.8, 4) is 0 Å². The van der Waals surface area contributed by atoms with Crippen LogP contribution in [0.2, 0.25) is 0 Å². The van der Waals surface area contributed by atoms with Crippen LogP contribution in [-0.2, 0) is 11.9 Å². The number of fused-ring (bicyclic) bond motifs is 1. The van der Waals surface area contributed by atoms with E-state index in [1.54, 1.807) is 18.2 Å². The summed E-state index contributed by atoms with van der Waals surface area (Å²) in [5.74, 6) is -1.18. The summed E-state index contributed by atoms with van der Waals surface area (Å²) in [5, 5.41) is 11.9. The summed E-state index contributed by atoms with van der Waals surface area (Å²) in [6.45, 7) is -0.400. The van der Waals surface area contributed by atoms with Gasteiger partial charge >= 0.3 is 0 Å². The van der Waals surface area contributed by atoms with Crippen molar-refractivity contribution in [2.45, 2.75) is 0 Å². The lowest BCUT2D eigenvalue weighted by Crippen LogP contribution is -2.30. The Kier molecular flexibility index (Phi) is 6.21. The molecule has 0 saturated heterocycles. The standard InChI is InChI=1S/C18H16FIN4O4/c1-24-16(22-13-5-4-10(20)9-12(13)19)14(17(26)23-28-8-7-25)15-11(18(24)27)3-2-6-21-15/h2-6,9,22,25H,7-8H2,1H3,(H,23,26). The van der Waals surface area contributed by atoms with Crippen molar-refractivity contribution in [2.24, 2.45) is 7.05 Å². The average Bonchev–Trinajstić information content (AvgIpc) is 2.68. The Labute approximate surface area is 172 Å². The Bertz CT molecular complexity index is 1100. The number of hydroxylamine groups is 1. The van der Waals surface area contributed by atoms with Crippen LogP contribution in [0.4, 0.5) is 15.9 Å². The molecule has 0 atom stereocenters. The molecule has 0 aliphatic rings. The van der Waals surface area contributed by atoms with Gasteiger partial charge in [-0.05, 0) is 52.9 Å². The lowest BCUT2D eigenvalue weighted by molar-refractivity contribution is 0.0169. The highest BCUT2D eigenvalue weighted by molar-refractivity contribution is 14.1. The Balaban J connectivity index is 2.19. The minimum absolute atomic E-state index is 0.00795. The van der Waals surface area contributed by atoms with Gasteiger partial charge in [-0.1, -0.05) is 0 Å². The van der Waals surface area contributed by atoms with E-state index >= 15 is 0 Å². The van der Waals surface area contributed by atoms with Crippen molar-refractivity contribution in [1.82, 2.24) is 15.0 Å². The van der Waals surface area contributed by atoms with Gasteiger partial charge in [-0.2, -0.15) is 0 Å². The van der Waals surface area contributed by atoms with Crippen molar-refractivity contribution in [2.75, 3.05) is 18.5 Å². The minimum Gasteiger partial charge on any atom is -0.394 e. The van der Waals surface area contributed by atoms with Crippen LogP contribution in [0.15, 0.2) is 41.3 Å². The number of hydrogen-bond donors (Lipinski definition) is 3. The van der Waals surface area contributed by atoms with Crippen molar-refractivity contribution in [1.29, 1.82) is 0 Å². The molecule has 28 heavy (non-hydrogen) atoms. The Morgan fingerprint density at radius 1 is 1.39 bits per heavy atom. The molecule has 1 amide bonds. The van der Waals surface area contributed by atoms with E-state index in [1.165, 1.54) is 29.9 Å². The highest BCUT2D eigenvalue weighted by atomic mass is 127. The number of anilines is 2.